The monoisotopic (exact) mass is 414 g/mol. The molecule has 1 aliphatic carbocycles. The molecule has 3 rings (SSSR count). The van der Waals surface area contributed by atoms with Crippen molar-refractivity contribution in [3.63, 3.8) is 0 Å². The summed E-state index contributed by atoms with van der Waals surface area (Å²) in [5.41, 5.74) is 1.92. The summed E-state index contributed by atoms with van der Waals surface area (Å²) < 4.78 is 0. The maximum atomic E-state index is 12.8. The van der Waals surface area contributed by atoms with Gasteiger partial charge in [0.15, 0.2) is 0 Å². The lowest BCUT2D eigenvalue weighted by molar-refractivity contribution is 0.0696. The fourth-order valence-electron chi connectivity index (χ4n) is 3.62. The second kappa shape index (κ2) is 10.3. The summed E-state index contributed by atoms with van der Waals surface area (Å²) in [5.74, 6) is -0.0757. The van der Waals surface area contributed by atoms with E-state index in [4.69, 9.17) is 11.6 Å². The molecule has 1 saturated carbocycles. The lowest BCUT2D eigenvalue weighted by Gasteiger charge is -2.31. The Hall–Kier alpha value is -2.60. The molecular weight excluding hydrogens is 388 g/mol. The highest BCUT2D eigenvalue weighted by Crippen LogP contribution is 2.26. The number of pyridine rings is 1. The van der Waals surface area contributed by atoms with Crippen molar-refractivity contribution in [1.29, 1.82) is 0 Å². The van der Waals surface area contributed by atoms with Crippen molar-refractivity contribution < 1.29 is 9.59 Å². The van der Waals surface area contributed by atoms with Crippen molar-refractivity contribution in [2.24, 2.45) is 0 Å². The zero-order chi connectivity index (χ0) is 20.6. The minimum absolute atomic E-state index is 0.0757. The van der Waals surface area contributed by atoms with E-state index in [-0.39, 0.29) is 18.0 Å². The van der Waals surface area contributed by atoms with Crippen LogP contribution in [0.1, 0.15) is 48.2 Å². The van der Waals surface area contributed by atoms with Gasteiger partial charge < -0.3 is 15.5 Å². The lowest BCUT2D eigenvalue weighted by atomic mass is 9.94. The molecular formula is C22H27ClN4O2. The quantitative estimate of drug-likeness (QED) is 0.730. The summed E-state index contributed by atoms with van der Waals surface area (Å²) >= 11 is 6.35. The van der Waals surface area contributed by atoms with Crippen LogP contribution >= 0.6 is 11.6 Å². The SMILES string of the molecule is CN(C(=O)c1ccc(NC(=O)NCCc2ccccn2)cc1Cl)C1CCCCC1. The van der Waals surface area contributed by atoms with E-state index < -0.39 is 0 Å². The summed E-state index contributed by atoms with van der Waals surface area (Å²) in [7, 11) is 1.84. The molecule has 2 aromatic rings. The highest BCUT2D eigenvalue weighted by molar-refractivity contribution is 6.34. The molecule has 3 amide bonds. The molecule has 0 aliphatic heterocycles. The third-order valence-corrected chi connectivity index (χ3v) is 5.61. The molecule has 0 unspecified atom stereocenters. The third kappa shape index (κ3) is 5.94. The highest BCUT2D eigenvalue weighted by atomic mass is 35.5. The molecule has 2 N–H and O–H groups in total. The van der Waals surface area contributed by atoms with Crippen LogP contribution in [0.2, 0.25) is 5.02 Å². The van der Waals surface area contributed by atoms with Crippen LogP contribution in [0.3, 0.4) is 0 Å². The van der Waals surface area contributed by atoms with Crippen molar-refractivity contribution >= 4 is 29.2 Å². The summed E-state index contributed by atoms with van der Waals surface area (Å²) in [6.07, 6.45) is 8.02. The zero-order valence-corrected chi connectivity index (χ0v) is 17.4. The molecule has 1 heterocycles. The van der Waals surface area contributed by atoms with Crippen molar-refractivity contribution in [3.8, 4) is 0 Å². The Morgan fingerprint density at radius 3 is 2.66 bits per heavy atom. The molecule has 0 spiro atoms. The number of nitrogens with zero attached hydrogens (tertiary/aromatic N) is 2. The molecule has 1 aromatic heterocycles. The van der Waals surface area contributed by atoms with Gasteiger partial charge in [0.1, 0.15) is 0 Å². The molecule has 1 aromatic carbocycles. The van der Waals surface area contributed by atoms with Gasteiger partial charge in [-0.25, -0.2) is 4.79 Å². The average Bonchev–Trinajstić information content (AvgIpc) is 2.74. The number of amides is 3. The number of nitrogens with one attached hydrogen (secondary N) is 2. The number of hydrogen-bond donors (Lipinski definition) is 2. The molecule has 0 atom stereocenters. The lowest BCUT2D eigenvalue weighted by Crippen LogP contribution is -2.38. The van der Waals surface area contributed by atoms with Gasteiger partial charge in [-0.3, -0.25) is 9.78 Å². The van der Waals surface area contributed by atoms with E-state index in [1.54, 1.807) is 29.3 Å². The van der Waals surface area contributed by atoms with Gasteiger partial charge in [0.2, 0.25) is 0 Å². The number of anilines is 1. The first-order valence-corrected chi connectivity index (χ1v) is 10.4. The minimum Gasteiger partial charge on any atom is -0.339 e. The predicted octanol–water partition coefficient (Wildman–Crippen LogP) is 4.50. The van der Waals surface area contributed by atoms with Crippen molar-refractivity contribution in [2.45, 2.75) is 44.6 Å². The van der Waals surface area contributed by atoms with Gasteiger partial charge in [-0.05, 0) is 43.2 Å². The van der Waals surface area contributed by atoms with E-state index in [0.717, 1.165) is 31.4 Å². The van der Waals surface area contributed by atoms with Crippen LogP contribution in [0.25, 0.3) is 0 Å². The third-order valence-electron chi connectivity index (χ3n) is 5.29. The molecule has 0 radical (unpaired) electrons. The standard InChI is InChI=1S/C22H27ClN4O2/c1-27(18-8-3-2-4-9-18)21(28)19-11-10-17(15-20(19)23)26-22(29)25-14-12-16-7-5-6-13-24-16/h5-7,10-11,13,15,18H,2-4,8-9,12,14H2,1H3,(H2,25,26,29). The van der Waals surface area contributed by atoms with E-state index >= 15 is 0 Å². The Bertz CT molecular complexity index is 838. The summed E-state index contributed by atoms with van der Waals surface area (Å²) in [5, 5.41) is 5.87. The first-order chi connectivity index (χ1) is 14.0. The predicted molar refractivity (Wildman–Crippen MR) is 115 cm³/mol. The van der Waals surface area contributed by atoms with Crippen LogP contribution in [0.4, 0.5) is 10.5 Å². The topological polar surface area (TPSA) is 74.3 Å². The molecule has 1 aliphatic rings. The smallest absolute Gasteiger partial charge is 0.319 e. The second-order valence-corrected chi connectivity index (χ2v) is 7.76. The van der Waals surface area contributed by atoms with E-state index in [1.165, 1.54) is 6.42 Å². The molecule has 0 saturated heterocycles. The first kappa shape index (κ1) is 21.1. The maximum Gasteiger partial charge on any atom is 0.319 e. The van der Waals surface area contributed by atoms with Gasteiger partial charge in [-0.2, -0.15) is 0 Å². The van der Waals surface area contributed by atoms with E-state index in [1.807, 2.05) is 25.2 Å². The number of hydrogen-bond acceptors (Lipinski definition) is 3. The second-order valence-electron chi connectivity index (χ2n) is 7.35. The molecule has 7 heteroatoms. The number of aromatic nitrogens is 1. The van der Waals surface area contributed by atoms with Crippen LogP contribution in [-0.2, 0) is 6.42 Å². The number of benzene rings is 1. The number of carbonyl (C=O) groups is 2. The Kier molecular flexibility index (Phi) is 7.47. The number of carbonyl (C=O) groups excluding carboxylic acids is 2. The maximum absolute atomic E-state index is 12.8. The summed E-state index contributed by atoms with van der Waals surface area (Å²) in [6.45, 7) is 0.472. The van der Waals surface area contributed by atoms with Crippen molar-refractivity contribution in [3.05, 3.63) is 58.9 Å². The van der Waals surface area contributed by atoms with E-state index in [9.17, 15) is 9.59 Å². The summed E-state index contributed by atoms with van der Waals surface area (Å²) in [4.78, 5) is 30.9. The molecule has 154 valence electrons. The number of rotatable bonds is 6. The molecule has 6 nitrogen and oxygen atoms in total. The fraction of sp³-hybridized carbons (Fsp3) is 0.409. The Morgan fingerprint density at radius 2 is 1.97 bits per heavy atom. The van der Waals surface area contributed by atoms with E-state index in [2.05, 4.69) is 15.6 Å². The van der Waals surface area contributed by atoms with Gasteiger partial charge in [-0.15, -0.1) is 0 Å². The Labute approximate surface area is 176 Å². The number of urea groups is 1. The first-order valence-electron chi connectivity index (χ1n) is 10.1. The van der Waals surface area contributed by atoms with Gasteiger partial charge in [0.25, 0.3) is 5.91 Å². The van der Waals surface area contributed by atoms with Crippen LogP contribution < -0.4 is 10.6 Å². The van der Waals surface area contributed by atoms with Crippen LogP contribution in [-0.4, -0.2) is 41.5 Å². The van der Waals surface area contributed by atoms with Crippen LogP contribution in [0.5, 0.6) is 0 Å². The van der Waals surface area contributed by atoms with Gasteiger partial charge >= 0.3 is 6.03 Å². The largest absolute Gasteiger partial charge is 0.339 e. The molecule has 0 bridgehead atoms. The highest BCUT2D eigenvalue weighted by Gasteiger charge is 2.24. The van der Waals surface area contributed by atoms with Gasteiger partial charge in [0, 0.05) is 43.6 Å². The van der Waals surface area contributed by atoms with Crippen LogP contribution in [0.15, 0.2) is 42.6 Å². The Balaban J connectivity index is 1.53. The molecule has 1 fully saturated rings. The minimum atomic E-state index is -0.324. The van der Waals surface area contributed by atoms with Gasteiger partial charge in [0.05, 0.1) is 10.6 Å². The van der Waals surface area contributed by atoms with Crippen molar-refractivity contribution in [1.82, 2.24) is 15.2 Å². The normalized spacial score (nSPS) is 14.3. The van der Waals surface area contributed by atoms with Crippen molar-refractivity contribution in [2.75, 3.05) is 18.9 Å². The van der Waals surface area contributed by atoms with Crippen LogP contribution in [0, 0.1) is 0 Å². The fourth-order valence-corrected chi connectivity index (χ4v) is 3.88. The molecule has 29 heavy (non-hydrogen) atoms. The average molecular weight is 415 g/mol. The zero-order valence-electron chi connectivity index (χ0n) is 16.7. The number of halogens is 1. The summed E-state index contributed by atoms with van der Waals surface area (Å²) in [6, 6.07) is 10.6. The van der Waals surface area contributed by atoms with E-state index in [0.29, 0.717) is 29.2 Å². The van der Waals surface area contributed by atoms with Gasteiger partial charge in [-0.1, -0.05) is 36.9 Å². The Morgan fingerprint density at radius 1 is 1.17 bits per heavy atom.